The Balaban J connectivity index is 2.93. The van der Waals surface area contributed by atoms with Crippen LogP contribution in [0.4, 0.5) is 5.69 Å². The molecular weight excluding hydrogens is 292 g/mol. The normalized spacial score (nSPS) is 10.6. The van der Waals surface area contributed by atoms with E-state index in [1.54, 1.807) is 18.2 Å². The lowest BCUT2D eigenvalue weighted by Crippen LogP contribution is -2.24. The van der Waals surface area contributed by atoms with E-state index in [0.29, 0.717) is 16.3 Å². The highest BCUT2D eigenvalue weighted by atomic mass is 35.5. The van der Waals surface area contributed by atoms with Gasteiger partial charge in [-0.25, -0.2) is 0 Å². The van der Waals surface area contributed by atoms with Crippen LogP contribution in [0.1, 0.15) is 45.1 Å². The zero-order valence-corrected chi connectivity index (χ0v) is 13.5. The van der Waals surface area contributed by atoms with Crippen LogP contribution in [-0.2, 0) is 4.79 Å². The number of anilines is 1. The molecule has 110 valence electrons. The Kier molecular flexibility index (Phi) is 6.96. The number of amides is 1. The molecule has 0 aromatic heterocycles. The molecule has 1 aromatic rings. The smallest absolute Gasteiger partial charge is 0.227 e. The number of halogens is 1. The summed E-state index contributed by atoms with van der Waals surface area (Å²) >= 11 is 11.0. The fourth-order valence-electron chi connectivity index (χ4n) is 2.17. The molecule has 3 nitrogen and oxygen atoms in total. The van der Waals surface area contributed by atoms with Crippen molar-refractivity contribution in [1.29, 1.82) is 0 Å². The molecule has 5 heteroatoms. The number of hydrogen-bond acceptors (Lipinski definition) is 2. The van der Waals surface area contributed by atoms with Gasteiger partial charge in [-0.15, -0.1) is 0 Å². The predicted octanol–water partition coefficient (Wildman–Crippen LogP) is 4.13. The van der Waals surface area contributed by atoms with Crippen molar-refractivity contribution >= 4 is 40.4 Å². The van der Waals surface area contributed by atoms with Crippen molar-refractivity contribution in [2.75, 3.05) is 5.32 Å². The SMILES string of the molecule is CCCC(CCC)C(=O)Nc1cc(Cl)ccc1C(N)=S. The third-order valence-corrected chi connectivity index (χ3v) is 3.61. The summed E-state index contributed by atoms with van der Waals surface area (Å²) in [6, 6.07) is 5.12. The fraction of sp³-hybridized carbons (Fsp3) is 0.467. The topological polar surface area (TPSA) is 55.1 Å². The maximum absolute atomic E-state index is 12.3. The molecule has 1 amide bonds. The van der Waals surface area contributed by atoms with Crippen LogP contribution in [0.25, 0.3) is 0 Å². The van der Waals surface area contributed by atoms with Gasteiger partial charge in [0.05, 0.1) is 5.69 Å². The molecule has 20 heavy (non-hydrogen) atoms. The van der Waals surface area contributed by atoms with Crippen molar-refractivity contribution in [3.05, 3.63) is 28.8 Å². The van der Waals surface area contributed by atoms with E-state index in [1.165, 1.54) is 0 Å². The average Bonchev–Trinajstić information content (AvgIpc) is 2.38. The maximum Gasteiger partial charge on any atom is 0.227 e. The number of rotatable bonds is 7. The Bertz CT molecular complexity index is 485. The highest BCUT2D eigenvalue weighted by molar-refractivity contribution is 7.80. The van der Waals surface area contributed by atoms with Crippen molar-refractivity contribution in [3.63, 3.8) is 0 Å². The van der Waals surface area contributed by atoms with Crippen LogP contribution in [0, 0.1) is 5.92 Å². The van der Waals surface area contributed by atoms with Gasteiger partial charge in [0, 0.05) is 16.5 Å². The Labute approximate surface area is 130 Å². The van der Waals surface area contributed by atoms with Gasteiger partial charge in [-0.3, -0.25) is 4.79 Å². The fourth-order valence-corrected chi connectivity index (χ4v) is 2.52. The third-order valence-electron chi connectivity index (χ3n) is 3.15. The number of thiocarbonyl (C=S) groups is 1. The number of benzene rings is 1. The minimum atomic E-state index is 0.00784. The van der Waals surface area contributed by atoms with Gasteiger partial charge in [-0.1, -0.05) is 50.5 Å². The summed E-state index contributed by atoms with van der Waals surface area (Å²) in [7, 11) is 0. The van der Waals surface area contributed by atoms with Crippen LogP contribution in [0.15, 0.2) is 18.2 Å². The molecule has 0 aliphatic carbocycles. The Morgan fingerprint density at radius 2 is 1.95 bits per heavy atom. The van der Waals surface area contributed by atoms with Gasteiger partial charge < -0.3 is 11.1 Å². The van der Waals surface area contributed by atoms with Gasteiger partial charge in [0.1, 0.15) is 4.99 Å². The van der Waals surface area contributed by atoms with Crippen LogP contribution in [0.3, 0.4) is 0 Å². The van der Waals surface area contributed by atoms with Crippen LogP contribution < -0.4 is 11.1 Å². The molecule has 0 atom stereocenters. The van der Waals surface area contributed by atoms with E-state index < -0.39 is 0 Å². The van der Waals surface area contributed by atoms with Gasteiger partial charge in [-0.2, -0.15) is 0 Å². The Morgan fingerprint density at radius 1 is 1.35 bits per heavy atom. The first-order valence-corrected chi connectivity index (χ1v) is 7.68. The second kappa shape index (κ2) is 8.22. The van der Waals surface area contributed by atoms with Gasteiger partial charge in [0.2, 0.25) is 5.91 Å². The van der Waals surface area contributed by atoms with Crippen LogP contribution >= 0.6 is 23.8 Å². The number of carbonyl (C=O) groups excluding carboxylic acids is 1. The second-order valence-corrected chi connectivity index (χ2v) is 5.69. The van der Waals surface area contributed by atoms with Crippen molar-refractivity contribution in [2.45, 2.75) is 39.5 Å². The summed E-state index contributed by atoms with van der Waals surface area (Å²) in [4.78, 5) is 12.6. The highest BCUT2D eigenvalue weighted by Crippen LogP contribution is 2.23. The molecule has 0 saturated heterocycles. The molecule has 0 saturated carbocycles. The van der Waals surface area contributed by atoms with Crippen LogP contribution in [0.5, 0.6) is 0 Å². The second-order valence-electron chi connectivity index (χ2n) is 4.82. The molecule has 0 radical (unpaired) electrons. The van der Waals surface area contributed by atoms with Gasteiger partial charge in [0.15, 0.2) is 0 Å². The first-order chi connectivity index (χ1) is 9.49. The molecule has 0 heterocycles. The summed E-state index contributed by atoms with van der Waals surface area (Å²) < 4.78 is 0. The molecule has 0 aliphatic rings. The lowest BCUT2D eigenvalue weighted by molar-refractivity contribution is -0.120. The van der Waals surface area contributed by atoms with Crippen molar-refractivity contribution in [3.8, 4) is 0 Å². The summed E-state index contributed by atoms with van der Waals surface area (Å²) in [6.07, 6.45) is 3.72. The van der Waals surface area contributed by atoms with Crippen molar-refractivity contribution in [1.82, 2.24) is 0 Å². The minimum Gasteiger partial charge on any atom is -0.389 e. The molecule has 0 fully saturated rings. The monoisotopic (exact) mass is 312 g/mol. The molecule has 0 aliphatic heterocycles. The first kappa shape index (κ1) is 16.9. The molecule has 3 N–H and O–H groups in total. The van der Waals surface area contributed by atoms with Crippen molar-refractivity contribution in [2.24, 2.45) is 11.7 Å². The van der Waals surface area contributed by atoms with E-state index in [-0.39, 0.29) is 16.8 Å². The molecular formula is C15H21ClN2OS. The van der Waals surface area contributed by atoms with E-state index in [1.807, 2.05) is 0 Å². The van der Waals surface area contributed by atoms with E-state index in [9.17, 15) is 4.79 Å². The van der Waals surface area contributed by atoms with E-state index in [2.05, 4.69) is 19.2 Å². The number of carbonyl (C=O) groups is 1. The van der Waals surface area contributed by atoms with Gasteiger partial charge in [-0.05, 0) is 31.0 Å². The molecule has 0 bridgehead atoms. The van der Waals surface area contributed by atoms with Crippen LogP contribution in [-0.4, -0.2) is 10.9 Å². The Morgan fingerprint density at radius 3 is 2.45 bits per heavy atom. The summed E-state index contributed by atoms with van der Waals surface area (Å²) in [5, 5.41) is 3.46. The average molecular weight is 313 g/mol. The molecule has 1 rings (SSSR count). The van der Waals surface area contributed by atoms with Crippen molar-refractivity contribution < 1.29 is 4.79 Å². The third kappa shape index (κ3) is 4.76. The van der Waals surface area contributed by atoms with Gasteiger partial charge in [0.25, 0.3) is 0 Å². The number of nitrogens with one attached hydrogen (secondary N) is 1. The number of nitrogens with two attached hydrogens (primary N) is 1. The van der Waals surface area contributed by atoms with E-state index in [4.69, 9.17) is 29.6 Å². The Hall–Kier alpha value is -1.13. The standard InChI is InChI=1S/C15H21ClN2OS/c1-3-5-10(6-4-2)15(19)18-13-9-11(16)7-8-12(13)14(17)20/h7-10H,3-6H2,1-2H3,(H2,17,20)(H,18,19). The largest absolute Gasteiger partial charge is 0.389 e. The first-order valence-electron chi connectivity index (χ1n) is 6.89. The summed E-state index contributed by atoms with van der Waals surface area (Å²) in [6.45, 7) is 4.16. The highest BCUT2D eigenvalue weighted by Gasteiger charge is 2.18. The molecule has 0 unspecified atom stereocenters. The zero-order valence-electron chi connectivity index (χ0n) is 11.9. The maximum atomic E-state index is 12.3. The lowest BCUT2D eigenvalue weighted by Gasteiger charge is -2.17. The summed E-state index contributed by atoms with van der Waals surface area (Å²) in [5.74, 6) is 0.0247. The van der Waals surface area contributed by atoms with E-state index in [0.717, 1.165) is 25.7 Å². The molecule has 0 spiro atoms. The lowest BCUT2D eigenvalue weighted by atomic mass is 9.97. The molecule has 1 aromatic carbocycles. The number of hydrogen-bond donors (Lipinski definition) is 2. The quantitative estimate of drug-likeness (QED) is 0.744. The zero-order chi connectivity index (χ0) is 15.1. The predicted molar refractivity (Wildman–Crippen MR) is 89.3 cm³/mol. The van der Waals surface area contributed by atoms with Crippen LogP contribution in [0.2, 0.25) is 5.02 Å². The van der Waals surface area contributed by atoms with E-state index >= 15 is 0 Å². The van der Waals surface area contributed by atoms with Gasteiger partial charge >= 0.3 is 0 Å². The minimum absolute atomic E-state index is 0.00784. The summed E-state index contributed by atoms with van der Waals surface area (Å²) in [5.41, 5.74) is 6.90.